The zero-order valence-electron chi connectivity index (χ0n) is 16.4. The Morgan fingerprint density at radius 2 is 2.00 bits per heavy atom. The maximum atomic E-state index is 13.2. The summed E-state index contributed by atoms with van der Waals surface area (Å²) >= 11 is 3.64. The minimum absolute atomic E-state index is 0.00901. The third kappa shape index (κ3) is 3.38. The Labute approximate surface area is 172 Å². The van der Waals surface area contributed by atoms with Gasteiger partial charge < -0.3 is 10.1 Å². The van der Waals surface area contributed by atoms with Crippen molar-refractivity contribution in [3.8, 4) is 5.75 Å². The molecule has 1 N–H and O–H groups in total. The third-order valence-corrected chi connectivity index (χ3v) is 6.05. The first-order valence-electron chi connectivity index (χ1n) is 9.44. The summed E-state index contributed by atoms with van der Waals surface area (Å²) in [6.45, 7) is 5.37. The molecule has 2 aromatic carbocycles. The molecule has 0 saturated carbocycles. The van der Waals surface area contributed by atoms with Gasteiger partial charge in [0.05, 0.1) is 18.1 Å². The molecule has 0 spiro atoms. The standard InChI is InChI=1S/C21H25BrN4O2/c1-14-10-17(22)20-18(11-14)26(21(27)24(20)2)19-12-23-8-9-25(19)13-15-4-6-16(28-3)7-5-15/h4-7,10-11,19,23H,8-9,12-13H2,1-3H3. The maximum Gasteiger partial charge on any atom is 0.330 e. The van der Waals surface area contributed by atoms with Crippen molar-refractivity contribution in [1.82, 2.24) is 19.4 Å². The number of nitrogens with one attached hydrogen (secondary N) is 1. The Morgan fingerprint density at radius 1 is 1.25 bits per heavy atom. The number of aromatic nitrogens is 2. The molecule has 1 atom stereocenters. The average molecular weight is 445 g/mol. The number of benzene rings is 2. The van der Waals surface area contributed by atoms with Gasteiger partial charge in [0.15, 0.2) is 0 Å². The fraction of sp³-hybridized carbons (Fsp3) is 0.381. The van der Waals surface area contributed by atoms with Crippen LogP contribution in [-0.4, -0.2) is 40.8 Å². The zero-order valence-corrected chi connectivity index (χ0v) is 18.0. The van der Waals surface area contributed by atoms with Gasteiger partial charge in [0.1, 0.15) is 11.9 Å². The summed E-state index contributed by atoms with van der Waals surface area (Å²) in [5.74, 6) is 0.853. The van der Waals surface area contributed by atoms with E-state index in [9.17, 15) is 4.79 Å². The van der Waals surface area contributed by atoms with E-state index in [4.69, 9.17) is 4.74 Å². The van der Waals surface area contributed by atoms with Crippen LogP contribution < -0.4 is 15.7 Å². The second kappa shape index (κ2) is 7.73. The molecule has 1 aromatic heterocycles. The first-order valence-corrected chi connectivity index (χ1v) is 10.2. The number of halogens is 1. The molecule has 1 aliphatic rings. The van der Waals surface area contributed by atoms with E-state index in [2.05, 4.69) is 57.3 Å². The lowest BCUT2D eigenvalue weighted by molar-refractivity contribution is 0.101. The van der Waals surface area contributed by atoms with E-state index >= 15 is 0 Å². The molecule has 0 amide bonds. The van der Waals surface area contributed by atoms with Crippen molar-refractivity contribution in [3.05, 3.63) is 62.5 Å². The monoisotopic (exact) mass is 444 g/mol. The van der Waals surface area contributed by atoms with Crippen LogP contribution in [0.4, 0.5) is 0 Å². The second-order valence-corrected chi connectivity index (χ2v) is 8.18. The van der Waals surface area contributed by atoms with Crippen molar-refractivity contribution in [2.75, 3.05) is 26.7 Å². The first-order chi connectivity index (χ1) is 13.5. The van der Waals surface area contributed by atoms with Crippen molar-refractivity contribution < 1.29 is 4.74 Å². The minimum Gasteiger partial charge on any atom is -0.497 e. The van der Waals surface area contributed by atoms with Gasteiger partial charge in [-0.05, 0) is 58.2 Å². The van der Waals surface area contributed by atoms with Crippen molar-refractivity contribution in [1.29, 1.82) is 0 Å². The van der Waals surface area contributed by atoms with Gasteiger partial charge >= 0.3 is 5.69 Å². The van der Waals surface area contributed by atoms with Crippen LogP contribution in [0.1, 0.15) is 17.3 Å². The summed E-state index contributed by atoms with van der Waals surface area (Å²) in [5, 5.41) is 3.46. The highest BCUT2D eigenvalue weighted by molar-refractivity contribution is 9.10. The van der Waals surface area contributed by atoms with Gasteiger partial charge in [-0.2, -0.15) is 0 Å². The molecule has 0 radical (unpaired) electrons. The van der Waals surface area contributed by atoms with E-state index in [1.807, 2.05) is 23.7 Å². The van der Waals surface area contributed by atoms with Crippen LogP contribution >= 0.6 is 15.9 Å². The lowest BCUT2D eigenvalue weighted by atomic mass is 10.1. The number of piperazine rings is 1. The van der Waals surface area contributed by atoms with Gasteiger partial charge in [0.2, 0.25) is 0 Å². The molecule has 1 unspecified atom stereocenters. The summed E-state index contributed by atoms with van der Waals surface area (Å²) in [6.07, 6.45) is -0.0410. The Hall–Kier alpha value is -2.09. The highest BCUT2D eigenvalue weighted by atomic mass is 79.9. The Kier molecular flexibility index (Phi) is 5.31. The number of fused-ring (bicyclic) bond motifs is 1. The van der Waals surface area contributed by atoms with Gasteiger partial charge in [-0.1, -0.05) is 12.1 Å². The van der Waals surface area contributed by atoms with E-state index in [-0.39, 0.29) is 11.9 Å². The van der Waals surface area contributed by atoms with Crippen LogP contribution in [0, 0.1) is 6.92 Å². The molecule has 4 rings (SSSR count). The van der Waals surface area contributed by atoms with Crippen LogP contribution in [0.25, 0.3) is 11.0 Å². The van der Waals surface area contributed by atoms with Crippen LogP contribution in [0.3, 0.4) is 0 Å². The second-order valence-electron chi connectivity index (χ2n) is 7.33. The van der Waals surface area contributed by atoms with Gasteiger partial charge in [-0.25, -0.2) is 4.79 Å². The lowest BCUT2D eigenvalue weighted by Gasteiger charge is -2.36. The minimum atomic E-state index is -0.0410. The molecule has 0 bridgehead atoms. The number of hydrogen-bond donors (Lipinski definition) is 1. The van der Waals surface area contributed by atoms with Crippen molar-refractivity contribution in [2.45, 2.75) is 19.6 Å². The quantitative estimate of drug-likeness (QED) is 0.671. The number of aryl methyl sites for hydroxylation is 2. The van der Waals surface area contributed by atoms with E-state index in [0.717, 1.165) is 53.0 Å². The molecule has 1 fully saturated rings. The number of ether oxygens (including phenoxy) is 1. The average Bonchev–Trinajstić information content (AvgIpc) is 2.93. The summed E-state index contributed by atoms with van der Waals surface area (Å²) in [7, 11) is 3.51. The molecule has 28 heavy (non-hydrogen) atoms. The third-order valence-electron chi connectivity index (χ3n) is 5.44. The topological polar surface area (TPSA) is 51.4 Å². The summed E-state index contributed by atoms with van der Waals surface area (Å²) in [4.78, 5) is 15.5. The molecule has 1 saturated heterocycles. The largest absolute Gasteiger partial charge is 0.497 e. The van der Waals surface area contributed by atoms with Crippen molar-refractivity contribution >= 4 is 27.0 Å². The van der Waals surface area contributed by atoms with Crippen LogP contribution in [-0.2, 0) is 13.6 Å². The lowest BCUT2D eigenvalue weighted by Crippen LogP contribution is -2.50. The van der Waals surface area contributed by atoms with Gasteiger partial charge in [-0.3, -0.25) is 14.0 Å². The normalized spacial score (nSPS) is 17.9. The molecular weight excluding hydrogens is 420 g/mol. The smallest absolute Gasteiger partial charge is 0.330 e. The number of nitrogens with zero attached hydrogens (tertiary/aromatic N) is 3. The molecule has 148 valence electrons. The highest BCUT2D eigenvalue weighted by Crippen LogP contribution is 2.28. The van der Waals surface area contributed by atoms with Crippen molar-refractivity contribution in [3.63, 3.8) is 0 Å². The van der Waals surface area contributed by atoms with Gasteiger partial charge in [0.25, 0.3) is 0 Å². The number of imidazole rings is 1. The molecular formula is C21H25BrN4O2. The van der Waals surface area contributed by atoms with Crippen LogP contribution in [0.2, 0.25) is 0 Å². The first kappa shape index (κ1) is 19.2. The fourth-order valence-electron chi connectivity index (χ4n) is 4.02. The predicted octanol–water partition coefficient (Wildman–Crippen LogP) is 3.02. The summed E-state index contributed by atoms with van der Waals surface area (Å²) in [6, 6.07) is 12.3. The summed E-state index contributed by atoms with van der Waals surface area (Å²) < 4.78 is 9.88. The van der Waals surface area contributed by atoms with E-state index in [1.54, 1.807) is 11.7 Å². The summed E-state index contributed by atoms with van der Waals surface area (Å²) in [5.41, 5.74) is 4.25. The number of hydrogen-bond acceptors (Lipinski definition) is 4. The Balaban J connectivity index is 1.75. The van der Waals surface area contributed by atoms with Gasteiger partial charge in [0, 0.05) is 37.7 Å². The van der Waals surface area contributed by atoms with E-state index in [0.29, 0.717) is 0 Å². The number of rotatable bonds is 4. The molecule has 3 aromatic rings. The van der Waals surface area contributed by atoms with Crippen LogP contribution in [0.15, 0.2) is 45.7 Å². The molecule has 1 aliphatic heterocycles. The Morgan fingerprint density at radius 3 is 2.71 bits per heavy atom. The fourth-order valence-corrected chi connectivity index (χ4v) is 4.85. The van der Waals surface area contributed by atoms with Crippen LogP contribution in [0.5, 0.6) is 5.75 Å². The molecule has 7 heteroatoms. The number of methoxy groups -OCH3 is 1. The van der Waals surface area contributed by atoms with Crippen molar-refractivity contribution in [2.24, 2.45) is 7.05 Å². The zero-order chi connectivity index (χ0) is 19.8. The van der Waals surface area contributed by atoms with Gasteiger partial charge in [-0.15, -0.1) is 0 Å². The molecule has 2 heterocycles. The predicted molar refractivity (Wildman–Crippen MR) is 115 cm³/mol. The molecule has 0 aliphatic carbocycles. The SMILES string of the molecule is COc1ccc(CN2CCNCC2n2c(=O)n(C)c3c(Br)cc(C)cc32)cc1. The highest BCUT2D eigenvalue weighted by Gasteiger charge is 2.28. The van der Waals surface area contributed by atoms with E-state index in [1.165, 1.54) is 5.56 Å². The van der Waals surface area contributed by atoms with E-state index < -0.39 is 0 Å². The molecule has 6 nitrogen and oxygen atoms in total. The maximum absolute atomic E-state index is 13.2. The Bertz CT molecular complexity index is 1050.